The van der Waals surface area contributed by atoms with Crippen LogP contribution in [0.5, 0.6) is 5.75 Å². The van der Waals surface area contributed by atoms with Crippen LogP contribution in [-0.2, 0) is 0 Å². The molecule has 2 rings (SSSR count). The first-order valence-electron chi connectivity index (χ1n) is 6.29. The minimum absolute atomic E-state index is 0.0401. The highest BCUT2D eigenvalue weighted by Gasteiger charge is 2.27. The number of nitrogens with zero attached hydrogens (tertiary/aromatic N) is 1. The van der Waals surface area contributed by atoms with Crippen LogP contribution in [0.1, 0.15) is 36.5 Å². The number of likely N-dealkylation sites (tertiary alicyclic amines) is 1. The molecule has 1 amide bonds. The molecule has 1 aromatic rings. The predicted molar refractivity (Wildman–Crippen MR) is 67.0 cm³/mol. The second-order valence-electron chi connectivity index (χ2n) is 4.71. The molecule has 1 unspecified atom stereocenters. The molecule has 0 spiro atoms. The van der Waals surface area contributed by atoms with E-state index in [9.17, 15) is 9.90 Å². The van der Waals surface area contributed by atoms with Gasteiger partial charge in [-0.25, -0.2) is 0 Å². The van der Waals surface area contributed by atoms with Crippen LogP contribution in [0.15, 0.2) is 24.3 Å². The molecule has 1 N–H and O–H groups in total. The molecule has 0 aliphatic carbocycles. The van der Waals surface area contributed by atoms with Crippen LogP contribution >= 0.6 is 0 Å². The molecule has 0 bridgehead atoms. The number of rotatable bonds is 3. The summed E-state index contributed by atoms with van der Waals surface area (Å²) in [6.45, 7) is 3.83. The van der Waals surface area contributed by atoms with Crippen LogP contribution in [0.25, 0.3) is 0 Å². The van der Waals surface area contributed by atoms with Gasteiger partial charge < -0.3 is 10.0 Å². The maximum absolute atomic E-state index is 12.2. The highest BCUT2D eigenvalue weighted by Crippen LogP contribution is 2.25. The number of carbonyl (C=O) groups excluding carboxylic acids is 1. The summed E-state index contributed by atoms with van der Waals surface area (Å²) < 4.78 is 0. The van der Waals surface area contributed by atoms with Crippen molar-refractivity contribution in [2.75, 3.05) is 13.1 Å². The first-order valence-corrected chi connectivity index (χ1v) is 6.29. The Balaban J connectivity index is 2.05. The maximum Gasteiger partial charge on any atom is 0.257 e. The fraction of sp³-hybridized carbons (Fsp3) is 0.500. The van der Waals surface area contributed by atoms with Gasteiger partial charge in [-0.15, -0.1) is 0 Å². The summed E-state index contributed by atoms with van der Waals surface area (Å²) in [7, 11) is 0. The van der Waals surface area contributed by atoms with Crippen molar-refractivity contribution < 1.29 is 9.90 Å². The predicted octanol–water partition coefficient (Wildman–Crippen LogP) is 2.65. The Labute approximate surface area is 102 Å². The van der Waals surface area contributed by atoms with Gasteiger partial charge in [0, 0.05) is 13.1 Å². The Bertz CT molecular complexity index is 403. The largest absolute Gasteiger partial charge is 0.507 e. The van der Waals surface area contributed by atoms with Crippen molar-refractivity contribution in [1.82, 2.24) is 4.90 Å². The zero-order valence-corrected chi connectivity index (χ0v) is 10.2. The van der Waals surface area contributed by atoms with Gasteiger partial charge in [-0.3, -0.25) is 4.79 Å². The number of aromatic hydroxyl groups is 1. The summed E-state index contributed by atoms with van der Waals surface area (Å²) in [5.74, 6) is 0.674. The average molecular weight is 233 g/mol. The number of amides is 1. The molecule has 1 saturated heterocycles. The number of hydrogen-bond donors (Lipinski definition) is 1. The molecule has 1 fully saturated rings. The van der Waals surface area contributed by atoms with Gasteiger partial charge in [0.15, 0.2) is 0 Å². The van der Waals surface area contributed by atoms with Crippen LogP contribution in [0, 0.1) is 5.92 Å². The van der Waals surface area contributed by atoms with E-state index in [2.05, 4.69) is 6.92 Å². The molecular formula is C14H19NO2. The molecule has 3 nitrogen and oxygen atoms in total. The Morgan fingerprint density at radius 3 is 2.94 bits per heavy atom. The summed E-state index contributed by atoms with van der Waals surface area (Å²) in [6.07, 6.45) is 3.45. The lowest BCUT2D eigenvalue weighted by Crippen LogP contribution is -2.28. The van der Waals surface area contributed by atoms with E-state index in [1.54, 1.807) is 24.3 Å². The van der Waals surface area contributed by atoms with E-state index in [1.807, 2.05) is 4.90 Å². The molecule has 1 atom stereocenters. The van der Waals surface area contributed by atoms with Crippen LogP contribution < -0.4 is 0 Å². The van der Waals surface area contributed by atoms with Gasteiger partial charge in [0.25, 0.3) is 5.91 Å². The van der Waals surface area contributed by atoms with Crippen molar-refractivity contribution in [3.8, 4) is 5.75 Å². The van der Waals surface area contributed by atoms with E-state index < -0.39 is 0 Å². The Kier molecular flexibility index (Phi) is 3.67. The normalized spacial score (nSPS) is 19.6. The molecule has 0 saturated carbocycles. The fourth-order valence-corrected chi connectivity index (χ4v) is 2.49. The lowest BCUT2D eigenvalue weighted by molar-refractivity contribution is 0.0783. The molecule has 0 aromatic heterocycles. The van der Waals surface area contributed by atoms with Crippen molar-refractivity contribution in [2.24, 2.45) is 5.92 Å². The van der Waals surface area contributed by atoms with Crippen molar-refractivity contribution in [1.29, 1.82) is 0 Å². The van der Waals surface area contributed by atoms with Gasteiger partial charge >= 0.3 is 0 Å². The minimum atomic E-state index is -0.0401. The third kappa shape index (κ3) is 2.60. The molecular weight excluding hydrogens is 214 g/mol. The Morgan fingerprint density at radius 2 is 2.24 bits per heavy atom. The zero-order chi connectivity index (χ0) is 12.3. The molecule has 17 heavy (non-hydrogen) atoms. The van der Waals surface area contributed by atoms with Gasteiger partial charge in [-0.1, -0.05) is 25.5 Å². The average Bonchev–Trinajstić information content (AvgIpc) is 2.78. The Morgan fingerprint density at radius 1 is 1.47 bits per heavy atom. The molecule has 0 radical (unpaired) electrons. The third-order valence-corrected chi connectivity index (χ3v) is 3.40. The van der Waals surface area contributed by atoms with E-state index >= 15 is 0 Å². The van der Waals surface area contributed by atoms with Crippen LogP contribution in [0.2, 0.25) is 0 Å². The summed E-state index contributed by atoms with van der Waals surface area (Å²) in [5, 5.41) is 9.66. The number of hydrogen-bond acceptors (Lipinski definition) is 2. The SMILES string of the molecule is CCCC1CCN(C(=O)c2ccccc2O)C1. The molecule has 92 valence electrons. The summed E-state index contributed by atoms with van der Waals surface area (Å²) in [5.41, 5.74) is 0.421. The first-order chi connectivity index (χ1) is 8.22. The number of carbonyl (C=O) groups is 1. The quantitative estimate of drug-likeness (QED) is 0.872. The smallest absolute Gasteiger partial charge is 0.257 e. The zero-order valence-electron chi connectivity index (χ0n) is 10.2. The van der Waals surface area contributed by atoms with E-state index in [0.717, 1.165) is 19.5 Å². The van der Waals surface area contributed by atoms with Crippen molar-refractivity contribution >= 4 is 5.91 Å². The molecule has 1 heterocycles. The summed E-state index contributed by atoms with van der Waals surface area (Å²) in [4.78, 5) is 14.0. The fourth-order valence-electron chi connectivity index (χ4n) is 2.49. The Hall–Kier alpha value is -1.51. The minimum Gasteiger partial charge on any atom is -0.507 e. The molecule has 1 aliphatic heterocycles. The monoisotopic (exact) mass is 233 g/mol. The van der Waals surface area contributed by atoms with E-state index in [1.165, 1.54) is 12.8 Å². The first kappa shape index (κ1) is 12.0. The van der Waals surface area contributed by atoms with Gasteiger partial charge in [0.2, 0.25) is 0 Å². The van der Waals surface area contributed by atoms with Crippen LogP contribution in [0.4, 0.5) is 0 Å². The number of phenolic OH excluding ortho intramolecular Hbond substituents is 1. The topological polar surface area (TPSA) is 40.5 Å². The van der Waals surface area contributed by atoms with Crippen molar-refractivity contribution in [3.05, 3.63) is 29.8 Å². The highest BCUT2D eigenvalue weighted by atomic mass is 16.3. The highest BCUT2D eigenvalue weighted by molar-refractivity contribution is 5.96. The number of benzene rings is 1. The third-order valence-electron chi connectivity index (χ3n) is 3.40. The van der Waals surface area contributed by atoms with Crippen LogP contribution in [0.3, 0.4) is 0 Å². The second kappa shape index (κ2) is 5.21. The number of para-hydroxylation sites is 1. The van der Waals surface area contributed by atoms with Crippen molar-refractivity contribution in [2.45, 2.75) is 26.2 Å². The lowest BCUT2D eigenvalue weighted by atomic mass is 10.0. The van der Waals surface area contributed by atoms with Gasteiger partial charge in [0.05, 0.1) is 5.56 Å². The summed E-state index contributed by atoms with van der Waals surface area (Å²) >= 11 is 0. The molecule has 1 aliphatic rings. The lowest BCUT2D eigenvalue weighted by Gasteiger charge is -2.17. The van der Waals surface area contributed by atoms with Gasteiger partial charge in [-0.2, -0.15) is 0 Å². The van der Waals surface area contributed by atoms with E-state index in [4.69, 9.17) is 0 Å². The van der Waals surface area contributed by atoms with Crippen molar-refractivity contribution in [3.63, 3.8) is 0 Å². The molecule has 3 heteroatoms. The van der Waals surface area contributed by atoms with Crippen LogP contribution in [-0.4, -0.2) is 29.0 Å². The molecule has 1 aromatic carbocycles. The number of phenols is 1. The van der Waals surface area contributed by atoms with E-state index in [0.29, 0.717) is 11.5 Å². The maximum atomic E-state index is 12.2. The van der Waals surface area contributed by atoms with Gasteiger partial charge in [-0.05, 0) is 30.9 Å². The second-order valence-corrected chi connectivity index (χ2v) is 4.71. The van der Waals surface area contributed by atoms with Gasteiger partial charge in [0.1, 0.15) is 5.75 Å². The summed E-state index contributed by atoms with van der Waals surface area (Å²) in [6, 6.07) is 6.76. The standard InChI is InChI=1S/C14H19NO2/c1-2-5-11-8-9-15(10-11)14(17)12-6-3-4-7-13(12)16/h3-4,6-7,11,16H,2,5,8-10H2,1H3. The van der Waals surface area contributed by atoms with E-state index in [-0.39, 0.29) is 11.7 Å².